The molecule has 0 radical (unpaired) electrons. The highest BCUT2D eigenvalue weighted by atomic mass is 15.2. The standard InChI is InChI=1S/C43H32N4/c1-5-16-30(17-6-1)36-29-37(31-18-7-2-8-19-31)45-42(44-36)33-21-15-20-32(28-33)41-35-24-13-14-25-38(35)47-40-27-12-4-11-26-39(40)46(43(41)47)34-22-9-3-10-23-34/h1-25,27-28,36H,26,29H2. The first-order valence-corrected chi connectivity index (χ1v) is 16.3. The summed E-state index contributed by atoms with van der Waals surface area (Å²) in [7, 11) is 0. The Bertz CT molecular complexity index is 2390. The Morgan fingerprint density at radius 3 is 2.17 bits per heavy atom. The minimum Gasteiger partial charge on any atom is -0.297 e. The largest absolute Gasteiger partial charge is 0.297 e. The molecular formula is C43H32N4. The average Bonchev–Trinajstić information content (AvgIpc) is 3.53. The predicted octanol–water partition coefficient (Wildman–Crippen LogP) is 10.1. The number of benzene rings is 5. The van der Waals surface area contributed by atoms with E-state index in [4.69, 9.17) is 9.98 Å². The van der Waals surface area contributed by atoms with Gasteiger partial charge in [0.05, 0.1) is 28.7 Å². The first kappa shape index (κ1) is 27.3. The van der Waals surface area contributed by atoms with E-state index in [2.05, 4.69) is 173 Å². The molecule has 1 aliphatic carbocycles. The molecule has 4 nitrogen and oxygen atoms in total. The molecule has 47 heavy (non-hydrogen) atoms. The van der Waals surface area contributed by atoms with Crippen LogP contribution in [0.1, 0.15) is 40.5 Å². The van der Waals surface area contributed by atoms with Crippen LogP contribution in [0.4, 0.5) is 0 Å². The lowest BCUT2D eigenvalue weighted by atomic mass is 9.95. The number of aliphatic imine (C=N–C) groups is 2. The third-order valence-electron chi connectivity index (χ3n) is 9.30. The van der Waals surface area contributed by atoms with Gasteiger partial charge in [-0.05, 0) is 47.0 Å². The summed E-state index contributed by atoms with van der Waals surface area (Å²) in [6.45, 7) is 0. The summed E-state index contributed by atoms with van der Waals surface area (Å²) in [5.74, 6) is 0.771. The number of amidine groups is 1. The van der Waals surface area contributed by atoms with Gasteiger partial charge in [0.15, 0.2) is 5.84 Å². The second-order valence-corrected chi connectivity index (χ2v) is 12.1. The maximum atomic E-state index is 5.28. The number of fused-ring (bicyclic) bond motifs is 5. The van der Waals surface area contributed by atoms with Crippen LogP contribution in [0.2, 0.25) is 0 Å². The molecule has 1 atom stereocenters. The van der Waals surface area contributed by atoms with E-state index in [0.29, 0.717) is 0 Å². The van der Waals surface area contributed by atoms with Crippen LogP contribution in [0.5, 0.6) is 0 Å². The molecule has 224 valence electrons. The number of imidazole rings is 1. The van der Waals surface area contributed by atoms with Gasteiger partial charge in [0, 0.05) is 35.0 Å². The van der Waals surface area contributed by atoms with Crippen molar-refractivity contribution in [2.75, 3.05) is 0 Å². The van der Waals surface area contributed by atoms with E-state index in [1.165, 1.54) is 39.1 Å². The number of hydrogen-bond acceptors (Lipinski definition) is 2. The summed E-state index contributed by atoms with van der Waals surface area (Å²) in [5, 5.41) is 1.22. The molecule has 2 aliphatic rings. The van der Waals surface area contributed by atoms with Crippen LogP contribution in [0.15, 0.2) is 168 Å². The van der Waals surface area contributed by atoms with Crippen molar-refractivity contribution in [2.45, 2.75) is 18.9 Å². The van der Waals surface area contributed by atoms with Gasteiger partial charge in [-0.25, -0.2) is 4.99 Å². The third kappa shape index (κ3) is 4.69. The fraction of sp³-hybridized carbons (Fsp3) is 0.0698. The van der Waals surface area contributed by atoms with Gasteiger partial charge >= 0.3 is 0 Å². The van der Waals surface area contributed by atoms with Crippen LogP contribution in [0.25, 0.3) is 39.4 Å². The molecule has 0 saturated carbocycles. The van der Waals surface area contributed by atoms with Gasteiger partial charge in [0.2, 0.25) is 0 Å². The molecule has 0 amide bonds. The van der Waals surface area contributed by atoms with Crippen LogP contribution in [-0.2, 0) is 6.42 Å². The van der Waals surface area contributed by atoms with Gasteiger partial charge in [-0.2, -0.15) is 0 Å². The quantitative estimate of drug-likeness (QED) is 0.187. The van der Waals surface area contributed by atoms with Crippen molar-refractivity contribution in [3.63, 3.8) is 0 Å². The molecule has 0 saturated heterocycles. The van der Waals surface area contributed by atoms with Gasteiger partial charge in [-0.15, -0.1) is 0 Å². The average molecular weight is 605 g/mol. The summed E-state index contributed by atoms with van der Waals surface area (Å²) in [5.41, 5.74) is 12.8. The number of aromatic nitrogens is 2. The van der Waals surface area contributed by atoms with E-state index in [1.807, 2.05) is 0 Å². The topological polar surface area (TPSA) is 34.1 Å². The molecule has 1 unspecified atom stereocenters. The van der Waals surface area contributed by atoms with Gasteiger partial charge in [-0.3, -0.25) is 14.0 Å². The monoisotopic (exact) mass is 604 g/mol. The van der Waals surface area contributed by atoms with Crippen LogP contribution in [-0.4, -0.2) is 20.5 Å². The van der Waals surface area contributed by atoms with Crippen molar-refractivity contribution >= 4 is 34.2 Å². The third-order valence-corrected chi connectivity index (χ3v) is 9.30. The fourth-order valence-corrected chi connectivity index (χ4v) is 7.18. The lowest BCUT2D eigenvalue weighted by molar-refractivity contribution is 0.753. The van der Waals surface area contributed by atoms with Crippen molar-refractivity contribution in [3.05, 3.63) is 186 Å². The molecule has 1 aliphatic heterocycles. The fourth-order valence-electron chi connectivity index (χ4n) is 7.18. The lowest BCUT2D eigenvalue weighted by Gasteiger charge is -2.21. The zero-order valence-corrected chi connectivity index (χ0v) is 25.9. The highest BCUT2D eigenvalue weighted by molar-refractivity contribution is 6.15. The van der Waals surface area contributed by atoms with Crippen molar-refractivity contribution < 1.29 is 0 Å². The SMILES string of the molecule is C1=CCc2c(n3c4ccccc4c(-c4cccc(C5=NC(c6ccccc6)CC(c6ccccc6)=N5)c4)c3n2-c2ccccc2)C=C1. The molecule has 4 heteroatoms. The molecule has 3 heterocycles. The number of rotatable bonds is 5. The maximum absolute atomic E-state index is 5.28. The van der Waals surface area contributed by atoms with E-state index < -0.39 is 0 Å². The van der Waals surface area contributed by atoms with Crippen molar-refractivity contribution in [3.8, 4) is 16.8 Å². The summed E-state index contributed by atoms with van der Waals surface area (Å²) in [6.07, 6.45) is 10.4. The van der Waals surface area contributed by atoms with Gasteiger partial charge in [-0.1, -0.05) is 133 Å². The Kier molecular flexibility index (Phi) is 6.64. The second-order valence-electron chi connectivity index (χ2n) is 12.1. The van der Waals surface area contributed by atoms with E-state index in [0.717, 1.165) is 46.8 Å². The number of hydrogen-bond donors (Lipinski definition) is 0. The molecule has 2 aromatic heterocycles. The van der Waals surface area contributed by atoms with Gasteiger partial charge in [0.25, 0.3) is 0 Å². The number of allylic oxidation sites excluding steroid dienone is 3. The highest BCUT2D eigenvalue weighted by Crippen LogP contribution is 2.41. The Morgan fingerprint density at radius 2 is 1.34 bits per heavy atom. The van der Waals surface area contributed by atoms with E-state index in [-0.39, 0.29) is 6.04 Å². The summed E-state index contributed by atoms with van der Waals surface area (Å²) in [4.78, 5) is 10.5. The van der Waals surface area contributed by atoms with Crippen LogP contribution in [0.3, 0.4) is 0 Å². The first-order valence-electron chi connectivity index (χ1n) is 16.3. The summed E-state index contributed by atoms with van der Waals surface area (Å²) < 4.78 is 4.89. The van der Waals surface area contributed by atoms with Gasteiger partial charge in [0.1, 0.15) is 5.65 Å². The van der Waals surface area contributed by atoms with Crippen molar-refractivity contribution in [1.82, 2.24) is 8.97 Å². The molecular weight excluding hydrogens is 573 g/mol. The summed E-state index contributed by atoms with van der Waals surface area (Å²) in [6, 6.07) is 49.4. The molecule has 9 rings (SSSR count). The Labute approximate surface area is 274 Å². The summed E-state index contributed by atoms with van der Waals surface area (Å²) >= 11 is 0. The van der Waals surface area contributed by atoms with Gasteiger partial charge < -0.3 is 0 Å². The zero-order valence-electron chi connectivity index (χ0n) is 25.9. The van der Waals surface area contributed by atoms with E-state index in [9.17, 15) is 0 Å². The smallest absolute Gasteiger partial charge is 0.155 e. The molecule has 0 bridgehead atoms. The number of nitrogens with zero attached hydrogens (tertiary/aromatic N) is 4. The van der Waals surface area contributed by atoms with Crippen molar-refractivity contribution in [1.29, 1.82) is 0 Å². The molecule has 5 aromatic carbocycles. The van der Waals surface area contributed by atoms with Crippen LogP contribution >= 0.6 is 0 Å². The normalized spacial score (nSPS) is 15.8. The Morgan fingerprint density at radius 1 is 0.638 bits per heavy atom. The molecule has 0 spiro atoms. The van der Waals surface area contributed by atoms with Crippen molar-refractivity contribution in [2.24, 2.45) is 9.98 Å². The predicted molar refractivity (Wildman–Crippen MR) is 195 cm³/mol. The minimum atomic E-state index is -0.00426. The van der Waals surface area contributed by atoms with Crippen LogP contribution < -0.4 is 0 Å². The maximum Gasteiger partial charge on any atom is 0.155 e. The molecule has 0 fully saturated rings. The first-order chi connectivity index (χ1) is 23.3. The molecule has 0 N–H and O–H groups in total. The van der Waals surface area contributed by atoms with E-state index in [1.54, 1.807) is 0 Å². The molecule has 7 aromatic rings. The lowest BCUT2D eigenvalue weighted by Crippen LogP contribution is -2.17. The minimum absolute atomic E-state index is 0.00426. The Balaban J connectivity index is 1.28. The number of para-hydroxylation sites is 2. The highest BCUT2D eigenvalue weighted by Gasteiger charge is 2.26. The van der Waals surface area contributed by atoms with E-state index >= 15 is 0 Å². The zero-order chi connectivity index (χ0) is 31.2. The second kappa shape index (κ2) is 11.4. The van der Waals surface area contributed by atoms with Crippen LogP contribution in [0, 0.1) is 0 Å². The Hall–Kier alpha value is -6.00.